The summed E-state index contributed by atoms with van der Waals surface area (Å²) >= 11 is 0. The first kappa shape index (κ1) is 50.4. The molecular weight excluding hydrogens is 624 g/mol. The Hall–Kier alpha value is -1.01. The average Bonchev–Trinajstić information content (AvgIpc) is 3.00. The maximum absolute atomic E-state index is 11.2. The first-order valence-corrected chi connectivity index (χ1v) is 19.8. The maximum Gasteiger partial charge on any atom is 2.00 e. The van der Waals surface area contributed by atoms with Gasteiger partial charge < -0.3 is 19.8 Å². The van der Waals surface area contributed by atoms with Crippen LogP contribution < -0.4 is 10.2 Å². The van der Waals surface area contributed by atoms with E-state index in [0.29, 0.717) is 12.8 Å². The van der Waals surface area contributed by atoms with Crippen LogP contribution in [0.1, 0.15) is 232 Å². The number of ketones is 2. The zero-order valence-electron chi connectivity index (χ0n) is 31.0. The standard InChI is InChI=1S/2C20H38O3.Ti/c2*1-2-3-4-5-6-7-8-9-10-11-12-13-14-15-16-17-19(21)18-20(22)23;/h2*2-18H2,1H3,(H,22,23);/q;;+2/p-2. The Morgan fingerprint density at radius 1 is 0.319 bits per heavy atom. The van der Waals surface area contributed by atoms with E-state index in [1.807, 2.05) is 0 Å². The molecule has 0 spiro atoms. The molecule has 0 aromatic rings. The minimum atomic E-state index is -1.25. The van der Waals surface area contributed by atoms with E-state index in [2.05, 4.69) is 13.8 Å². The molecule has 0 radical (unpaired) electrons. The summed E-state index contributed by atoms with van der Waals surface area (Å²) in [5.41, 5.74) is 0. The first-order valence-electron chi connectivity index (χ1n) is 19.8. The van der Waals surface area contributed by atoms with Gasteiger partial charge in [0.2, 0.25) is 0 Å². The Morgan fingerprint density at radius 3 is 0.660 bits per heavy atom. The minimum Gasteiger partial charge on any atom is -0.550 e. The van der Waals surface area contributed by atoms with Crippen molar-refractivity contribution in [1.82, 2.24) is 0 Å². The van der Waals surface area contributed by atoms with Crippen LogP contribution in [-0.4, -0.2) is 23.5 Å². The smallest absolute Gasteiger partial charge is 0.550 e. The van der Waals surface area contributed by atoms with Gasteiger partial charge in [-0.05, 0) is 12.8 Å². The molecule has 0 aromatic carbocycles. The van der Waals surface area contributed by atoms with Gasteiger partial charge in [0.1, 0.15) is 11.6 Å². The second-order valence-corrected chi connectivity index (χ2v) is 13.6. The third-order valence-corrected chi connectivity index (χ3v) is 8.80. The molecule has 0 aromatic heterocycles. The number of Topliss-reactive ketones (excluding diaryl/α,β-unsaturated/α-hetero) is 2. The second kappa shape index (κ2) is 43.0. The molecule has 0 amide bonds. The topological polar surface area (TPSA) is 114 Å². The van der Waals surface area contributed by atoms with Crippen molar-refractivity contribution in [3.8, 4) is 0 Å². The maximum atomic E-state index is 11.2. The van der Waals surface area contributed by atoms with Crippen LogP contribution in [-0.2, 0) is 40.9 Å². The molecule has 0 rings (SSSR count). The number of rotatable bonds is 36. The van der Waals surface area contributed by atoms with Crippen molar-refractivity contribution in [2.24, 2.45) is 0 Å². The third-order valence-electron chi connectivity index (χ3n) is 8.80. The fourth-order valence-corrected chi connectivity index (χ4v) is 5.89. The number of aliphatic carboxylic acids is 2. The Morgan fingerprint density at radius 2 is 0.489 bits per heavy atom. The Balaban J connectivity index is -0.000000807. The zero-order valence-corrected chi connectivity index (χ0v) is 32.6. The van der Waals surface area contributed by atoms with Gasteiger partial charge in [-0.1, -0.05) is 194 Å². The SMILES string of the molecule is CCCCCCCCCCCCCCCCCC(=O)CC(=O)[O-].CCCCCCCCCCCCCCCCCC(=O)CC(=O)[O-].[Ti+2]. The monoisotopic (exact) mass is 698 g/mol. The van der Waals surface area contributed by atoms with Crippen LogP contribution in [0.25, 0.3) is 0 Å². The number of hydrogen-bond acceptors (Lipinski definition) is 6. The Bertz CT molecular complexity index is 638. The van der Waals surface area contributed by atoms with Crippen LogP contribution in [0.3, 0.4) is 0 Å². The summed E-state index contributed by atoms with van der Waals surface area (Å²) in [5.74, 6) is -2.90. The summed E-state index contributed by atoms with van der Waals surface area (Å²) in [4.78, 5) is 42.8. The van der Waals surface area contributed by atoms with Crippen LogP contribution in [0, 0.1) is 0 Å². The Labute approximate surface area is 305 Å². The van der Waals surface area contributed by atoms with E-state index in [9.17, 15) is 29.4 Å². The summed E-state index contributed by atoms with van der Waals surface area (Å²) in [5, 5.41) is 20.5. The van der Waals surface area contributed by atoms with Crippen molar-refractivity contribution in [3.05, 3.63) is 0 Å². The van der Waals surface area contributed by atoms with Gasteiger partial charge in [-0.25, -0.2) is 0 Å². The van der Waals surface area contributed by atoms with Crippen LogP contribution in [0.5, 0.6) is 0 Å². The fourth-order valence-electron chi connectivity index (χ4n) is 5.89. The largest absolute Gasteiger partial charge is 2.00 e. The predicted octanol–water partition coefficient (Wildman–Crippen LogP) is 9.91. The average molecular weight is 699 g/mol. The van der Waals surface area contributed by atoms with Crippen molar-refractivity contribution in [2.75, 3.05) is 0 Å². The zero-order chi connectivity index (χ0) is 34.4. The van der Waals surface area contributed by atoms with E-state index >= 15 is 0 Å². The Kier molecular flexibility index (Phi) is 46.1. The first-order chi connectivity index (χ1) is 22.3. The van der Waals surface area contributed by atoms with Crippen LogP contribution in [0.4, 0.5) is 0 Å². The molecule has 0 heterocycles. The molecule has 0 atom stereocenters. The number of hydrogen-bond donors (Lipinski definition) is 0. The molecule has 0 aliphatic rings. The molecule has 274 valence electrons. The van der Waals surface area contributed by atoms with Gasteiger partial charge in [0, 0.05) is 37.6 Å². The summed E-state index contributed by atoms with van der Waals surface area (Å²) in [6.07, 6.45) is 38.8. The van der Waals surface area contributed by atoms with Gasteiger partial charge in [0.15, 0.2) is 0 Å². The molecular formula is C40H74O6Ti. The number of carbonyl (C=O) groups is 4. The van der Waals surface area contributed by atoms with E-state index in [4.69, 9.17) is 0 Å². The van der Waals surface area contributed by atoms with E-state index in [1.165, 1.54) is 154 Å². The van der Waals surface area contributed by atoms with Crippen molar-refractivity contribution < 1.29 is 51.1 Å². The van der Waals surface area contributed by atoms with Gasteiger partial charge in [0.25, 0.3) is 0 Å². The third kappa shape index (κ3) is 49.5. The van der Waals surface area contributed by atoms with E-state index in [0.717, 1.165) is 38.5 Å². The molecule has 0 saturated carbocycles. The normalized spacial score (nSPS) is 10.6. The molecule has 7 heteroatoms. The molecule has 0 aliphatic heterocycles. The van der Waals surface area contributed by atoms with Gasteiger partial charge >= 0.3 is 21.7 Å². The van der Waals surface area contributed by atoms with Crippen molar-refractivity contribution in [2.45, 2.75) is 232 Å². The molecule has 0 fully saturated rings. The molecule has 0 bridgehead atoms. The van der Waals surface area contributed by atoms with Crippen LogP contribution in [0.15, 0.2) is 0 Å². The predicted molar refractivity (Wildman–Crippen MR) is 188 cm³/mol. The van der Waals surface area contributed by atoms with Gasteiger partial charge in [-0.3, -0.25) is 9.59 Å². The molecule has 47 heavy (non-hydrogen) atoms. The number of carboxylic acids is 2. The molecule has 0 aliphatic carbocycles. The number of carboxylic acid groups (broad SMARTS) is 2. The summed E-state index contributed by atoms with van der Waals surface area (Å²) < 4.78 is 0. The van der Waals surface area contributed by atoms with Gasteiger partial charge in [-0.15, -0.1) is 0 Å². The molecule has 0 N–H and O–H groups in total. The molecule has 6 nitrogen and oxygen atoms in total. The van der Waals surface area contributed by atoms with Crippen LogP contribution >= 0.6 is 0 Å². The summed E-state index contributed by atoms with van der Waals surface area (Å²) in [6, 6.07) is 0. The van der Waals surface area contributed by atoms with Gasteiger partial charge in [-0.2, -0.15) is 0 Å². The molecule has 0 unspecified atom stereocenters. The summed E-state index contributed by atoms with van der Waals surface area (Å²) in [6.45, 7) is 4.52. The fraction of sp³-hybridized carbons (Fsp3) is 0.900. The van der Waals surface area contributed by atoms with Crippen molar-refractivity contribution in [3.63, 3.8) is 0 Å². The van der Waals surface area contributed by atoms with Gasteiger partial charge in [0.05, 0.1) is 0 Å². The number of unbranched alkanes of at least 4 members (excludes halogenated alkanes) is 28. The quantitative estimate of drug-likeness (QED) is 0.0366. The van der Waals surface area contributed by atoms with Crippen molar-refractivity contribution >= 4 is 23.5 Å². The summed E-state index contributed by atoms with van der Waals surface area (Å²) in [7, 11) is 0. The van der Waals surface area contributed by atoms with Crippen molar-refractivity contribution in [1.29, 1.82) is 0 Å². The van der Waals surface area contributed by atoms with E-state index < -0.39 is 24.8 Å². The van der Waals surface area contributed by atoms with E-state index in [-0.39, 0.29) is 33.3 Å². The number of carbonyl (C=O) groups excluding carboxylic acids is 4. The van der Waals surface area contributed by atoms with E-state index in [1.54, 1.807) is 0 Å². The minimum absolute atomic E-state index is 0. The second-order valence-electron chi connectivity index (χ2n) is 13.6. The molecule has 0 saturated heterocycles. The van der Waals surface area contributed by atoms with Crippen LogP contribution in [0.2, 0.25) is 0 Å².